The highest BCUT2D eigenvalue weighted by atomic mass is 15.3. The van der Waals surface area contributed by atoms with Gasteiger partial charge in [-0.2, -0.15) is 0 Å². The Bertz CT molecular complexity index is 386. The van der Waals surface area contributed by atoms with Gasteiger partial charge in [0.1, 0.15) is 11.6 Å². The number of nitrogens with zero attached hydrogens (tertiary/aromatic N) is 4. The number of hydrogen-bond donors (Lipinski definition) is 1. The minimum absolute atomic E-state index is 0.679. The van der Waals surface area contributed by atoms with E-state index in [1.165, 1.54) is 25.1 Å². The summed E-state index contributed by atoms with van der Waals surface area (Å²) < 4.78 is 2.32. The first kappa shape index (κ1) is 11.2. The number of hydrogen-bond acceptors (Lipinski definition) is 4. The molecule has 1 unspecified atom stereocenters. The van der Waals surface area contributed by atoms with Crippen LogP contribution in [0.1, 0.15) is 30.9 Å². The molecule has 5 nitrogen and oxygen atoms in total. The van der Waals surface area contributed by atoms with Gasteiger partial charge in [0.2, 0.25) is 0 Å². The molecule has 1 aromatic heterocycles. The normalized spacial score (nSPS) is 25.1. The van der Waals surface area contributed by atoms with Crippen LogP contribution in [-0.2, 0) is 19.5 Å². The maximum absolute atomic E-state index is 5.72. The van der Waals surface area contributed by atoms with Crippen molar-refractivity contribution in [3.05, 3.63) is 11.6 Å². The number of likely N-dealkylation sites (tertiary alicyclic amines) is 1. The summed E-state index contributed by atoms with van der Waals surface area (Å²) in [5.74, 6) is 3.01. The second-order valence-corrected chi connectivity index (χ2v) is 5.27. The first-order valence-electron chi connectivity index (χ1n) is 6.70. The highest BCUT2D eigenvalue weighted by Crippen LogP contribution is 2.19. The minimum Gasteiger partial charge on any atom is -0.330 e. The summed E-state index contributed by atoms with van der Waals surface area (Å²) >= 11 is 0. The molecule has 2 N–H and O–H groups in total. The van der Waals surface area contributed by atoms with E-state index in [4.69, 9.17) is 5.73 Å². The summed E-state index contributed by atoms with van der Waals surface area (Å²) in [5, 5.41) is 8.65. The molecule has 0 aliphatic carbocycles. The molecular weight excluding hydrogens is 214 g/mol. The lowest BCUT2D eigenvalue weighted by atomic mass is 10.1. The molecule has 0 aromatic carbocycles. The Morgan fingerprint density at radius 3 is 3.00 bits per heavy atom. The van der Waals surface area contributed by atoms with Gasteiger partial charge < -0.3 is 10.3 Å². The van der Waals surface area contributed by atoms with Gasteiger partial charge in [-0.15, -0.1) is 10.2 Å². The Morgan fingerprint density at radius 2 is 2.18 bits per heavy atom. The molecule has 0 radical (unpaired) electrons. The van der Waals surface area contributed by atoms with Gasteiger partial charge in [0.05, 0.1) is 6.54 Å². The van der Waals surface area contributed by atoms with Gasteiger partial charge in [0.15, 0.2) is 0 Å². The van der Waals surface area contributed by atoms with E-state index < -0.39 is 0 Å². The minimum atomic E-state index is 0.679. The lowest BCUT2D eigenvalue weighted by molar-refractivity contribution is 0.301. The van der Waals surface area contributed by atoms with E-state index in [1.807, 2.05) is 0 Å². The highest BCUT2D eigenvalue weighted by Gasteiger charge is 2.24. The molecule has 2 aliphatic heterocycles. The van der Waals surface area contributed by atoms with Crippen molar-refractivity contribution in [2.45, 2.75) is 38.8 Å². The van der Waals surface area contributed by atoms with Crippen molar-refractivity contribution < 1.29 is 0 Å². The molecule has 0 saturated carbocycles. The average molecular weight is 235 g/mol. The third-order valence-corrected chi connectivity index (χ3v) is 4.00. The van der Waals surface area contributed by atoms with Crippen LogP contribution in [0, 0.1) is 5.92 Å². The van der Waals surface area contributed by atoms with E-state index in [-0.39, 0.29) is 0 Å². The Hall–Kier alpha value is -0.940. The largest absolute Gasteiger partial charge is 0.330 e. The fourth-order valence-corrected chi connectivity index (χ4v) is 2.93. The molecule has 17 heavy (non-hydrogen) atoms. The van der Waals surface area contributed by atoms with Crippen LogP contribution in [0.25, 0.3) is 0 Å². The van der Waals surface area contributed by atoms with Crippen LogP contribution in [-0.4, -0.2) is 39.3 Å². The third-order valence-electron chi connectivity index (χ3n) is 4.00. The maximum Gasteiger partial charge on any atom is 0.147 e. The SMILES string of the molecule is NCC1CCN(Cc2nnc3n2CCCC3)C1. The van der Waals surface area contributed by atoms with E-state index in [9.17, 15) is 0 Å². The number of fused-ring (bicyclic) bond motifs is 1. The van der Waals surface area contributed by atoms with Gasteiger partial charge in [0.25, 0.3) is 0 Å². The molecule has 94 valence electrons. The first-order chi connectivity index (χ1) is 8.36. The van der Waals surface area contributed by atoms with Crippen molar-refractivity contribution in [3.63, 3.8) is 0 Å². The van der Waals surface area contributed by atoms with Gasteiger partial charge in [0, 0.05) is 19.5 Å². The standard InChI is InChI=1S/C12H21N5/c13-7-10-4-6-16(8-10)9-12-15-14-11-3-1-2-5-17(11)12/h10H,1-9,13H2. The van der Waals surface area contributed by atoms with Crippen molar-refractivity contribution in [2.24, 2.45) is 11.7 Å². The summed E-state index contributed by atoms with van der Waals surface area (Å²) in [7, 11) is 0. The molecule has 1 atom stereocenters. The van der Waals surface area contributed by atoms with Crippen LogP contribution < -0.4 is 5.73 Å². The van der Waals surface area contributed by atoms with Crippen LogP contribution in [0.3, 0.4) is 0 Å². The molecule has 1 fully saturated rings. The Morgan fingerprint density at radius 1 is 1.24 bits per heavy atom. The smallest absolute Gasteiger partial charge is 0.147 e. The van der Waals surface area contributed by atoms with Gasteiger partial charge in [-0.05, 0) is 38.3 Å². The lowest BCUT2D eigenvalue weighted by Crippen LogP contribution is -2.25. The number of aromatic nitrogens is 3. The monoisotopic (exact) mass is 235 g/mol. The predicted octanol–water partition coefficient (Wildman–Crippen LogP) is 0.395. The van der Waals surface area contributed by atoms with Gasteiger partial charge >= 0.3 is 0 Å². The van der Waals surface area contributed by atoms with Crippen LogP contribution in [0.5, 0.6) is 0 Å². The van der Waals surface area contributed by atoms with Crippen molar-refractivity contribution in [1.29, 1.82) is 0 Å². The molecule has 2 aliphatic rings. The maximum atomic E-state index is 5.72. The van der Waals surface area contributed by atoms with Gasteiger partial charge in [-0.25, -0.2) is 0 Å². The summed E-state index contributed by atoms with van der Waals surface area (Å²) in [4.78, 5) is 2.46. The summed E-state index contributed by atoms with van der Waals surface area (Å²) in [5.41, 5.74) is 5.72. The Balaban J connectivity index is 1.67. The molecular formula is C12H21N5. The van der Waals surface area contributed by atoms with E-state index >= 15 is 0 Å². The number of aryl methyl sites for hydroxylation is 1. The first-order valence-corrected chi connectivity index (χ1v) is 6.70. The van der Waals surface area contributed by atoms with Crippen LogP contribution in [0.2, 0.25) is 0 Å². The van der Waals surface area contributed by atoms with Crippen molar-refractivity contribution in [1.82, 2.24) is 19.7 Å². The van der Waals surface area contributed by atoms with E-state index in [1.54, 1.807) is 0 Å². The van der Waals surface area contributed by atoms with Crippen LogP contribution in [0.15, 0.2) is 0 Å². The molecule has 0 bridgehead atoms. The highest BCUT2D eigenvalue weighted by molar-refractivity contribution is 4.99. The average Bonchev–Trinajstić information content (AvgIpc) is 2.97. The fourth-order valence-electron chi connectivity index (χ4n) is 2.93. The van der Waals surface area contributed by atoms with E-state index in [0.717, 1.165) is 45.0 Å². The predicted molar refractivity (Wildman–Crippen MR) is 65.4 cm³/mol. The molecule has 3 heterocycles. The van der Waals surface area contributed by atoms with Crippen LogP contribution in [0.4, 0.5) is 0 Å². The zero-order chi connectivity index (χ0) is 11.7. The molecule has 1 aromatic rings. The Labute approximate surface area is 102 Å². The lowest BCUT2D eigenvalue weighted by Gasteiger charge is -2.18. The van der Waals surface area contributed by atoms with E-state index in [0.29, 0.717) is 5.92 Å². The molecule has 3 rings (SSSR count). The number of nitrogens with two attached hydrogens (primary N) is 1. The van der Waals surface area contributed by atoms with Crippen molar-refractivity contribution >= 4 is 0 Å². The zero-order valence-corrected chi connectivity index (χ0v) is 10.3. The molecule has 5 heteroatoms. The van der Waals surface area contributed by atoms with Crippen LogP contribution >= 0.6 is 0 Å². The van der Waals surface area contributed by atoms with Crippen molar-refractivity contribution in [3.8, 4) is 0 Å². The summed E-state index contributed by atoms with van der Waals surface area (Å²) in [6, 6.07) is 0. The topological polar surface area (TPSA) is 60.0 Å². The number of rotatable bonds is 3. The van der Waals surface area contributed by atoms with E-state index in [2.05, 4.69) is 19.7 Å². The quantitative estimate of drug-likeness (QED) is 0.823. The van der Waals surface area contributed by atoms with Crippen molar-refractivity contribution in [2.75, 3.05) is 19.6 Å². The fraction of sp³-hybridized carbons (Fsp3) is 0.833. The molecule has 0 amide bonds. The second kappa shape index (κ2) is 4.74. The second-order valence-electron chi connectivity index (χ2n) is 5.27. The van der Waals surface area contributed by atoms with Gasteiger partial charge in [-0.1, -0.05) is 0 Å². The summed E-state index contributed by atoms with van der Waals surface area (Å²) in [6.45, 7) is 5.15. The zero-order valence-electron chi connectivity index (χ0n) is 10.3. The third kappa shape index (κ3) is 2.21. The van der Waals surface area contributed by atoms with Gasteiger partial charge in [-0.3, -0.25) is 4.90 Å². The molecule has 1 saturated heterocycles. The molecule has 0 spiro atoms. The summed E-state index contributed by atoms with van der Waals surface area (Å²) in [6.07, 6.45) is 4.86. The Kier molecular flexibility index (Phi) is 3.11.